The Morgan fingerprint density at radius 1 is 1.36 bits per heavy atom. The Balaban J connectivity index is 1.60. The van der Waals surface area contributed by atoms with Crippen molar-refractivity contribution in [3.05, 3.63) is 52.8 Å². The molecule has 1 aromatic carbocycles. The van der Waals surface area contributed by atoms with Crippen LogP contribution >= 0.6 is 11.6 Å². The number of amides is 1. The Hall–Kier alpha value is -1.85. The third kappa shape index (κ3) is 3.70. The van der Waals surface area contributed by atoms with Crippen LogP contribution in [0.25, 0.3) is 0 Å². The van der Waals surface area contributed by atoms with Gasteiger partial charge in [0.15, 0.2) is 0 Å². The first-order valence-corrected chi connectivity index (χ1v) is 10.8. The first kappa shape index (κ1) is 19.5. The van der Waals surface area contributed by atoms with Crippen LogP contribution in [0.3, 0.4) is 0 Å². The normalized spacial score (nSPS) is 23.0. The van der Waals surface area contributed by atoms with Crippen LogP contribution in [0.4, 0.5) is 0 Å². The van der Waals surface area contributed by atoms with Crippen molar-refractivity contribution in [1.82, 2.24) is 14.7 Å². The van der Waals surface area contributed by atoms with E-state index in [1.807, 2.05) is 36.3 Å². The van der Waals surface area contributed by atoms with Gasteiger partial charge in [0.05, 0.1) is 36.6 Å². The van der Waals surface area contributed by atoms with E-state index in [-0.39, 0.29) is 11.3 Å². The first-order chi connectivity index (χ1) is 13.5. The molecular formula is C22H30ClN4O+. The maximum absolute atomic E-state index is 13.8. The van der Waals surface area contributed by atoms with Gasteiger partial charge in [-0.15, -0.1) is 0 Å². The molecule has 6 heteroatoms. The maximum Gasteiger partial charge on any atom is 0.233 e. The topological polar surface area (TPSA) is 42.6 Å². The fourth-order valence-corrected chi connectivity index (χ4v) is 5.00. The van der Waals surface area contributed by atoms with Gasteiger partial charge in [-0.05, 0) is 25.3 Å². The van der Waals surface area contributed by atoms with Gasteiger partial charge < -0.3 is 9.80 Å². The number of halogens is 1. The summed E-state index contributed by atoms with van der Waals surface area (Å²) in [6, 6.07) is 10.8. The molecule has 28 heavy (non-hydrogen) atoms. The van der Waals surface area contributed by atoms with Gasteiger partial charge in [0, 0.05) is 26.1 Å². The van der Waals surface area contributed by atoms with Crippen LogP contribution < -0.4 is 4.90 Å². The number of carbonyl (C=O) groups is 1. The van der Waals surface area contributed by atoms with E-state index in [4.69, 9.17) is 11.6 Å². The van der Waals surface area contributed by atoms with Crippen molar-refractivity contribution >= 4 is 17.5 Å². The number of likely N-dealkylation sites (tertiary alicyclic amines) is 1. The number of hydrogen-bond donors (Lipinski definition) is 1. The number of nitrogens with one attached hydrogen (secondary N) is 1. The van der Waals surface area contributed by atoms with E-state index in [1.54, 1.807) is 9.58 Å². The van der Waals surface area contributed by atoms with Gasteiger partial charge >= 0.3 is 0 Å². The minimum Gasteiger partial charge on any atom is -0.331 e. The molecule has 2 atom stereocenters. The summed E-state index contributed by atoms with van der Waals surface area (Å²) in [5.74, 6) is 0.239. The Morgan fingerprint density at radius 2 is 2.11 bits per heavy atom. The molecular weight excluding hydrogens is 372 g/mol. The van der Waals surface area contributed by atoms with Crippen molar-refractivity contribution in [2.24, 2.45) is 7.05 Å². The number of rotatable bonds is 7. The second kappa shape index (κ2) is 7.88. The molecule has 2 aliphatic rings. The molecule has 0 radical (unpaired) electrons. The molecule has 2 heterocycles. The maximum atomic E-state index is 13.8. The molecule has 150 valence electrons. The van der Waals surface area contributed by atoms with Gasteiger partial charge in [-0.3, -0.25) is 9.48 Å². The van der Waals surface area contributed by atoms with Gasteiger partial charge in [-0.25, -0.2) is 0 Å². The number of aryl methyl sites for hydroxylation is 1. The number of aromatic nitrogens is 2. The molecule has 1 saturated carbocycles. The van der Waals surface area contributed by atoms with Crippen LogP contribution in [0.15, 0.2) is 36.5 Å². The smallest absolute Gasteiger partial charge is 0.233 e. The van der Waals surface area contributed by atoms with Crippen molar-refractivity contribution < 1.29 is 9.69 Å². The van der Waals surface area contributed by atoms with Crippen molar-refractivity contribution in [1.29, 1.82) is 0 Å². The van der Waals surface area contributed by atoms with E-state index >= 15 is 0 Å². The Kier molecular flexibility index (Phi) is 5.48. The third-order valence-electron chi connectivity index (χ3n) is 6.49. The van der Waals surface area contributed by atoms with Crippen LogP contribution in [0.5, 0.6) is 0 Å². The Labute approximate surface area is 172 Å². The molecule has 1 unspecified atom stereocenters. The number of benzene rings is 1. The molecule has 5 nitrogen and oxygen atoms in total. The summed E-state index contributed by atoms with van der Waals surface area (Å²) in [7, 11) is 1.87. The van der Waals surface area contributed by atoms with Gasteiger partial charge in [0.2, 0.25) is 5.91 Å². The SMILES string of the molecule is CC[NH+]1CCC[C@H]1CN(Cc1nn(C)cc1Cl)C(=O)C1(c2ccccc2)CC1. The van der Waals surface area contributed by atoms with Crippen LogP contribution in [0.1, 0.15) is 43.9 Å². The van der Waals surface area contributed by atoms with Crippen LogP contribution in [-0.4, -0.2) is 46.3 Å². The lowest BCUT2D eigenvalue weighted by atomic mass is 9.94. The summed E-state index contributed by atoms with van der Waals surface area (Å²) in [4.78, 5) is 17.4. The molecule has 2 aromatic rings. The van der Waals surface area contributed by atoms with Crippen molar-refractivity contribution in [2.75, 3.05) is 19.6 Å². The molecule has 1 N–H and O–H groups in total. The molecule has 0 bridgehead atoms. The molecule has 0 spiro atoms. The van der Waals surface area contributed by atoms with Crippen molar-refractivity contribution in [2.45, 2.75) is 50.6 Å². The molecule has 1 amide bonds. The molecule has 1 saturated heterocycles. The highest BCUT2D eigenvalue weighted by molar-refractivity contribution is 6.31. The van der Waals surface area contributed by atoms with E-state index in [2.05, 4.69) is 24.2 Å². The van der Waals surface area contributed by atoms with Crippen molar-refractivity contribution in [3.8, 4) is 0 Å². The van der Waals surface area contributed by atoms with Crippen molar-refractivity contribution in [3.63, 3.8) is 0 Å². The monoisotopic (exact) mass is 401 g/mol. The lowest BCUT2D eigenvalue weighted by molar-refractivity contribution is -0.909. The van der Waals surface area contributed by atoms with Gasteiger partial charge in [-0.2, -0.15) is 5.10 Å². The second-order valence-corrected chi connectivity index (χ2v) is 8.74. The fraction of sp³-hybridized carbons (Fsp3) is 0.545. The van der Waals surface area contributed by atoms with E-state index in [9.17, 15) is 4.79 Å². The van der Waals surface area contributed by atoms with E-state index in [0.717, 1.165) is 37.2 Å². The minimum atomic E-state index is -0.354. The average molecular weight is 402 g/mol. The lowest BCUT2D eigenvalue weighted by Gasteiger charge is -2.31. The summed E-state index contributed by atoms with van der Waals surface area (Å²) in [5.41, 5.74) is 1.58. The average Bonchev–Trinajstić information content (AvgIpc) is 3.29. The lowest BCUT2D eigenvalue weighted by Crippen LogP contribution is -3.14. The van der Waals surface area contributed by atoms with E-state index < -0.39 is 0 Å². The minimum absolute atomic E-state index is 0.239. The predicted molar refractivity (Wildman–Crippen MR) is 110 cm³/mol. The van der Waals surface area contributed by atoms with E-state index in [1.165, 1.54) is 19.4 Å². The highest BCUT2D eigenvalue weighted by Crippen LogP contribution is 2.49. The third-order valence-corrected chi connectivity index (χ3v) is 6.81. The highest BCUT2D eigenvalue weighted by atomic mass is 35.5. The molecule has 1 aliphatic heterocycles. The number of hydrogen-bond acceptors (Lipinski definition) is 2. The Bertz CT molecular complexity index is 830. The standard InChI is InChI=1S/C22H29ClN4O/c1-3-26-13-7-10-18(26)14-27(16-20-19(23)15-25(2)24-20)21(28)22(11-12-22)17-8-5-4-6-9-17/h4-6,8-9,15,18H,3,7,10-14,16H2,1-2H3/p+1/t18-/m0/s1. The second-order valence-electron chi connectivity index (χ2n) is 8.33. The Morgan fingerprint density at radius 3 is 2.71 bits per heavy atom. The number of nitrogens with zero attached hydrogens (tertiary/aromatic N) is 3. The fourth-order valence-electron chi connectivity index (χ4n) is 4.76. The zero-order valence-electron chi connectivity index (χ0n) is 16.8. The highest BCUT2D eigenvalue weighted by Gasteiger charge is 2.53. The summed E-state index contributed by atoms with van der Waals surface area (Å²) >= 11 is 6.39. The van der Waals surface area contributed by atoms with Gasteiger partial charge in [-0.1, -0.05) is 41.9 Å². The predicted octanol–water partition coefficient (Wildman–Crippen LogP) is 2.20. The molecule has 4 rings (SSSR count). The zero-order chi connectivity index (χ0) is 19.7. The first-order valence-electron chi connectivity index (χ1n) is 10.4. The molecule has 2 fully saturated rings. The van der Waals surface area contributed by atoms with Gasteiger partial charge in [0.1, 0.15) is 11.7 Å². The van der Waals surface area contributed by atoms with Crippen LogP contribution in [-0.2, 0) is 23.8 Å². The van der Waals surface area contributed by atoms with Crippen LogP contribution in [0, 0.1) is 0 Å². The molecule has 1 aliphatic carbocycles. The number of quaternary nitrogens is 1. The van der Waals surface area contributed by atoms with E-state index in [0.29, 0.717) is 17.6 Å². The summed E-state index contributed by atoms with van der Waals surface area (Å²) in [5, 5.41) is 5.14. The quantitative estimate of drug-likeness (QED) is 0.772. The number of carbonyl (C=O) groups excluding carboxylic acids is 1. The molecule has 1 aromatic heterocycles. The number of likely N-dealkylation sites (N-methyl/N-ethyl adjacent to an activating group) is 1. The summed E-state index contributed by atoms with van der Waals surface area (Å²) in [6.07, 6.45) is 6.09. The zero-order valence-corrected chi connectivity index (χ0v) is 17.6. The van der Waals surface area contributed by atoms with Gasteiger partial charge in [0.25, 0.3) is 0 Å². The van der Waals surface area contributed by atoms with Crippen LogP contribution in [0.2, 0.25) is 5.02 Å². The summed E-state index contributed by atoms with van der Waals surface area (Å²) < 4.78 is 1.73. The largest absolute Gasteiger partial charge is 0.331 e. The summed E-state index contributed by atoms with van der Waals surface area (Å²) in [6.45, 7) is 5.82.